The standard InChI is InChI=1S/C27H24ClN3O2S2/c1-17-25(20-6-4-3-5-7-20)30-27(35-17)31-26(33)18(2)34-23-14-12-22(13-15-23)29-24(32)16-19-8-10-21(28)11-9-19/h3-15,18H,16H2,1-2H3,(H,29,32)(H,30,31,33). The van der Waals surface area contributed by atoms with Crippen molar-refractivity contribution < 1.29 is 9.59 Å². The van der Waals surface area contributed by atoms with E-state index in [-0.39, 0.29) is 23.5 Å². The highest BCUT2D eigenvalue weighted by atomic mass is 35.5. The van der Waals surface area contributed by atoms with E-state index < -0.39 is 0 Å². The van der Waals surface area contributed by atoms with Crippen LogP contribution in [0.15, 0.2) is 83.8 Å². The predicted molar refractivity (Wildman–Crippen MR) is 146 cm³/mol. The molecule has 1 heterocycles. The van der Waals surface area contributed by atoms with Gasteiger partial charge in [0.25, 0.3) is 0 Å². The number of hydrogen-bond acceptors (Lipinski definition) is 5. The first-order valence-corrected chi connectivity index (χ1v) is 13.1. The second kappa shape index (κ2) is 11.5. The van der Waals surface area contributed by atoms with E-state index >= 15 is 0 Å². The van der Waals surface area contributed by atoms with E-state index in [4.69, 9.17) is 11.6 Å². The lowest BCUT2D eigenvalue weighted by atomic mass is 10.1. The molecule has 4 rings (SSSR count). The number of carbonyl (C=O) groups is 2. The molecule has 178 valence electrons. The monoisotopic (exact) mass is 521 g/mol. The molecule has 35 heavy (non-hydrogen) atoms. The molecule has 1 aromatic heterocycles. The first kappa shape index (κ1) is 25.0. The van der Waals surface area contributed by atoms with Gasteiger partial charge in [0.05, 0.1) is 17.4 Å². The van der Waals surface area contributed by atoms with Gasteiger partial charge in [-0.2, -0.15) is 0 Å². The predicted octanol–water partition coefficient (Wildman–Crippen LogP) is 7.07. The molecule has 0 spiro atoms. The Balaban J connectivity index is 1.30. The number of thiazole rings is 1. The number of amides is 2. The molecule has 0 aliphatic rings. The third kappa shape index (κ3) is 6.94. The van der Waals surface area contributed by atoms with Crippen molar-refractivity contribution >= 4 is 57.3 Å². The summed E-state index contributed by atoms with van der Waals surface area (Å²) in [4.78, 5) is 31.7. The number of aromatic nitrogens is 1. The Bertz CT molecular complexity index is 1310. The lowest BCUT2D eigenvalue weighted by Gasteiger charge is -2.11. The van der Waals surface area contributed by atoms with Crippen LogP contribution in [0.3, 0.4) is 0 Å². The molecular weight excluding hydrogens is 498 g/mol. The van der Waals surface area contributed by atoms with Crippen molar-refractivity contribution in [3.63, 3.8) is 0 Å². The van der Waals surface area contributed by atoms with Gasteiger partial charge in [0.2, 0.25) is 11.8 Å². The maximum atomic E-state index is 12.8. The van der Waals surface area contributed by atoms with Crippen LogP contribution in [-0.4, -0.2) is 22.0 Å². The summed E-state index contributed by atoms with van der Waals surface area (Å²) in [5.41, 5.74) is 3.52. The molecule has 2 amide bonds. The maximum Gasteiger partial charge on any atom is 0.239 e. The van der Waals surface area contributed by atoms with Crippen LogP contribution in [0.5, 0.6) is 0 Å². The summed E-state index contributed by atoms with van der Waals surface area (Å²) < 4.78 is 0. The molecule has 4 aromatic rings. The van der Waals surface area contributed by atoms with Crippen molar-refractivity contribution in [2.24, 2.45) is 0 Å². The summed E-state index contributed by atoms with van der Waals surface area (Å²) >= 11 is 8.81. The summed E-state index contributed by atoms with van der Waals surface area (Å²) in [6.45, 7) is 3.87. The van der Waals surface area contributed by atoms with Crippen LogP contribution in [0, 0.1) is 6.92 Å². The first-order valence-electron chi connectivity index (χ1n) is 11.0. The molecule has 2 N–H and O–H groups in total. The summed E-state index contributed by atoms with van der Waals surface area (Å²) in [6.07, 6.45) is 0.271. The van der Waals surface area contributed by atoms with Crippen LogP contribution in [0.4, 0.5) is 10.8 Å². The highest BCUT2D eigenvalue weighted by Gasteiger charge is 2.18. The minimum atomic E-state index is -0.315. The van der Waals surface area contributed by atoms with Gasteiger partial charge < -0.3 is 10.6 Å². The number of carbonyl (C=O) groups excluding carboxylic acids is 2. The summed E-state index contributed by atoms with van der Waals surface area (Å²) in [5, 5.41) is 6.76. The Hall–Kier alpha value is -3.13. The summed E-state index contributed by atoms with van der Waals surface area (Å²) in [5.74, 6) is -0.210. The fourth-order valence-electron chi connectivity index (χ4n) is 3.39. The van der Waals surface area contributed by atoms with E-state index in [2.05, 4.69) is 15.6 Å². The maximum absolute atomic E-state index is 12.8. The van der Waals surface area contributed by atoms with Gasteiger partial charge in [-0.3, -0.25) is 9.59 Å². The van der Waals surface area contributed by atoms with E-state index in [1.165, 1.54) is 23.1 Å². The number of halogens is 1. The SMILES string of the molecule is Cc1sc(NC(=O)C(C)Sc2ccc(NC(=O)Cc3ccc(Cl)cc3)cc2)nc1-c1ccccc1. The Morgan fingerprint density at radius 2 is 1.66 bits per heavy atom. The Kier molecular flexibility index (Phi) is 8.23. The van der Waals surface area contributed by atoms with Gasteiger partial charge in [-0.25, -0.2) is 4.98 Å². The third-order valence-electron chi connectivity index (χ3n) is 5.17. The average molecular weight is 522 g/mol. The zero-order valence-electron chi connectivity index (χ0n) is 19.2. The molecule has 8 heteroatoms. The van der Waals surface area contributed by atoms with Crippen molar-refractivity contribution in [2.45, 2.75) is 30.4 Å². The number of rotatable bonds is 8. The van der Waals surface area contributed by atoms with E-state index in [1.54, 1.807) is 12.1 Å². The molecule has 0 saturated carbocycles. The van der Waals surface area contributed by atoms with Crippen molar-refractivity contribution in [3.05, 3.63) is 94.3 Å². The van der Waals surface area contributed by atoms with Crippen LogP contribution in [0.1, 0.15) is 17.4 Å². The zero-order chi connectivity index (χ0) is 24.8. The number of thioether (sulfide) groups is 1. The fraction of sp³-hybridized carbons (Fsp3) is 0.148. The second-order valence-corrected chi connectivity index (χ2v) is 11.0. The molecule has 0 bridgehead atoms. The number of benzene rings is 3. The van der Waals surface area contributed by atoms with Crippen molar-refractivity contribution in [2.75, 3.05) is 10.6 Å². The largest absolute Gasteiger partial charge is 0.326 e. The fourth-order valence-corrected chi connectivity index (χ4v) is 5.22. The Labute approximate surface area is 218 Å². The van der Waals surface area contributed by atoms with Crippen LogP contribution in [0.2, 0.25) is 5.02 Å². The second-order valence-electron chi connectivity index (χ2n) is 7.91. The van der Waals surface area contributed by atoms with Gasteiger partial charge in [-0.15, -0.1) is 23.1 Å². The number of nitrogens with zero attached hydrogens (tertiary/aromatic N) is 1. The zero-order valence-corrected chi connectivity index (χ0v) is 21.6. The average Bonchev–Trinajstić information content (AvgIpc) is 3.22. The summed E-state index contributed by atoms with van der Waals surface area (Å²) in [6, 6.07) is 24.6. The van der Waals surface area contributed by atoms with E-state index in [1.807, 2.05) is 80.6 Å². The number of aryl methyl sites for hydroxylation is 1. The van der Waals surface area contributed by atoms with Crippen LogP contribution >= 0.6 is 34.7 Å². The molecule has 3 aromatic carbocycles. The quantitative estimate of drug-likeness (QED) is 0.243. The normalized spacial score (nSPS) is 11.6. The lowest BCUT2D eigenvalue weighted by molar-refractivity contribution is -0.116. The molecule has 5 nitrogen and oxygen atoms in total. The highest BCUT2D eigenvalue weighted by Crippen LogP contribution is 2.31. The molecule has 0 radical (unpaired) electrons. The van der Waals surface area contributed by atoms with Gasteiger partial charge in [0.15, 0.2) is 5.13 Å². The van der Waals surface area contributed by atoms with Crippen LogP contribution in [-0.2, 0) is 16.0 Å². The van der Waals surface area contributed by atoms with E-state index in [0.717, 1.165) is 26.6 Å². The highest BCUT2D eigenvalue weighted by molar-refractivity contribution is 8.00. The smallest absolute Gasteiger partial charge is 0.239 e. The molecule has 0 saturated heterocycles. The molecule has 1 atom stereocenters. The third-order valence-corrected chi connectivity index (χ3v) is 7.42. The van der Waals surface area contributed by atoms with Crippen molar-refractivity contribution in [1.82, 2.24) is 4.98 Å². The first-order chi connectivity index (χ1) is 16.9. The molecular formula is C27H24ClN3O2S2. The van der Waals surface area contributed by atoms with Gasteiger partial charge >= 0.3 is 0 Å². The van der Waals surface area contributed by atoms with E-state index in [9.17, 15) is 9.59 Å². The molecule has 0 fully saturated rings. The minimum Gasteiger partial charge on any atom is -0.326 e. The number of hydrogen-bond donors (Lipinski definition) is 2. The topological polar surface area (TPSA) is 71.1 Å². The van der Waals surface area contributed by atoms with Crippen molar-refractivity contribution in [3.8, 4) is 11.3 Å². The van der Waals surface area contributed by atoms with Gasteiger partial charge in [-0.05, 0) is 55.8 Å². The van der Waals surface area contributed by atoms with E-state index in [0.29, 0.717) is 15.8 Å². The number of nitrogens with one attached hydrogen (secondary N) is 2. The van der Waals surface area contributed by atoms with Crippen LogP contribution in [0.25, 0.3) is 11.3 Å². The number of anilines is 2. The van der Waals surface area contributed by atoms with Gasteiger partial charge in [0.1, 0.15) is 0 Å². The summed E-state index contributed by atoms with van der Waals surface area (Å²) in [7, 11) is 0. The minimum absolute atomic E-state index is 0.103. The van der Waals surface area contributed by atoms with Crippen molar-refractivity contribution in [1.29, 1.82) is 0 Å². The molecule has 1 unspecified atom stereocenters. The molecule has 0 aliphatic carbocycles. The Morgan fingerprint density at radius 3 is 2.34 bits per heavy atom. The van der Waals surface area contributed by atoms with Crippen LogP contribution < -0.4 is 10.6 Å². The van der Waals surface area contributed by atoms with Gasteiger partial charge in [0, 0.05) is 26.0 Å². The lowest BCUT2D eigenvalue weighted by Crippen LogP contribution is -2.22. The van der Waals surface area contributed by atoms with Gasteiger partial charge in [-0.1, -0.05) is 54.1 Å². The molecule has 0 aliphatic heterocycles. The Morgan fingerprint density at radius 1 is 0.971 bits per heavy atom.